The van der Waals surface area contributed by atoms with Crippen LogP contribution in [0, 0.1) is 11.8 Å². The molecule has 1 amide bonds. The predicted octanol–water partition coefficient (Wildman–Crippen LogP) is 2.09. The number of benzene rings is 1. The van der Waals surface area contributed by atoms with Crippen LogP contribution in [0.4, 0.5) is 5.69 Å². The minimum Gasteiger partial charge on any atom is -0.395 e. The van der Waals surface area contributed by atoms with Crippen molar-refractivity contribution >= 4 is 23.1 Å². The molecule has 6 heteroatoms. The number of aromatic nitrogens is 2. The van der Waals surface area contributed by atoms with Gasteiger partial charge in [0.1, 0.15) is 4.88 Å². The van der Waals surface area contributed by atoms with E-state index in [0.29, 0.717) is 29.1 Å². The first-order valence-electron chi connectivity index (χ1n) is 6.57. The van der Waals surface area contributed by atoms with Crippen LogP contribution in [0.5, 0.6) is 0 Å². The smallest absolute Gasteiger partial charge is 0.269 e. The van der Waals surface area contributed by atoms with Gasteiger partial charge >= 0.3 is 0 Å². The second-order valence-corrected chi connectivity index (χ2v) is 4.96. The van der Waals surface area contributed by atoms with Gasteiger partial charge in [0.15, 0.2) is 0 Å². The van der Waals surface area contributed by atoms with Gasteiger partial charge in [-0.15, -0.1) is 5.10 Å². The zero-order valence-electron chi connectivity index (χ0n) is 11.6. The number of carbonyl (C=O) groups is 1. The SMILES string of the molecule is CCc1nnsc1C(=O)Nc1ccc(C#CCCO)cc1. The van der Waals surface area contributed by atoms with Crippen molar-refractivity contribution in [3.8, 4) is 11.8 Å². The largest absolute Gasteiger partial charge is 0.395 e. The summed E-state index contributed by atoms with van der Waals surface area (Å²) in [4.78, 5) is 12.7. The lowest BCUT2D eigenvalue weighted by Gasteiger charge is -2.04. The molecule has 0 saturated heterocycles. The van der Waals surface area contributed by atoms with Crippen molar-refractivity contribution < 1.29 is 9.90 Å². The molecule has 0 aliphatic rings. The van der Waals surface area contributed by atoms with Gasteiger partial charge in [0.25, 0.3) is 5.91 Å². The Bertz CT molecular complexity index is 668. The van der Waals surface area contributed by atoms with Crippen LogP contribution >= 0.6 is 11.5 Å². The molecule has 0 aliphatic heterocycles. The number of aliphatic hydroxyl groups is 1. The second kappa shape index (κ2) is 7.53. The van der Waals surface area contributed by atoms with Gasteiger partial charge in [0, 0.05) is 17.7 Å². The van der Waals surface area contributed by atoms with Crippen molar-refractivity contribution in [3.05, 3.63) is 40.4 Å². The highest BCUT2D eigenvalue weighted by Gasteiger charge is 2.14. The van der Waals surface area contributed by atoms with Crippen molar-refractivity contribution in [1.29, 1.82) is 0 Å². The van der Waals surface area contributed by atoms with Crippen LogP contribution in [0.15, 0.2) is 24.3 Å². The van der Waals surface area contributed by atoms with Crippen LogP contribution < -0.4 is 5.32 Å². The molecule has 5 nitrogen and oxygen atoms in total. The van der Waals surface area contributed by atoms with Crippen LogP contribution in [0.3, 0.4) is 0 Å². The molecule has 0 unspecified atom stereocenters. The van der Waals surface area contributed by atoms with Crippen LogP contribution in [0.25, 0.3) is 0 Å². The van der Waals surface area contributed by atoms with Crippen molar-refractivity contribution in [2.24, 2.45) is 0 Å². The van der Waals surface area contributed by atoms with Crippen LogP contribution in [0.2, 0.25) is 0 Å². The normalized spacial score (nSPS) is 9.81. The Morgan fingerprint density at radius 1 is 1.38 bits per heavy atom. The maximum absolute atomic E-state index is 12.1. The Labute approximate surface area is 127 Å². The number of nitrogens with zero attached hydrogens (tertiary/aromatic N) is 2. The molecule has 2 N–H and O–H groups in total. The summed E-state index contributed by atoms with van der Waals surface area (Å²) in [5.74, 6) is 5.58. The first-order valence-corrected chi connectivity index (χ1v) is 7.34. The number of carbonyl (C=O) groups excluding carboxylic acids is 1. The number of hydrogen-bond acceptors (Lipinski definition) is 5. The topological polar surface area (TPSA) is 75.1 Å². The number of nitrogens with one attached hydrogen (secondary N) is 1. The molecule has 0 aliphatic carbocycles. The number of aliphatic hydroxyl groups excluding tert-OH is 1. The zero-order chi connectivity index (χ0) is 15.1. The highest BCUT2D eigenvalue weighted by molar-refractivity contribution is 7.08. The van der Waals surface area contributed by atoms with Gasteiger partial charge in [-0.05, 0) is 42.2 Å². The molecule has 0 bridgehead atoms. The molecule has 0 spiro atoms. The molecule has 0 saturated carbocycles. The summed E-state index contributed by atoms with van der Waals surface area (Å²) in [7, 11) is 0. The van der Waals surface area contributed by atoms with E-state index in [2.05, 4.69) is 26.7 Å². The number of rotatable bonds is 4. The minimum absolute atomic E-state index is 0.0593. The lowest BCUT2D eigenvalue weighted by Crippen LogP contribution is -2.12. The summed E-state index contributed by atoms with van der Waals surface area (Å²) in [5.41, 5.74) is 2.25. The highest BCUT2D eigenvalue weighted by atomic mass is 32.1. The summed E-state index contributed by atoms with van der Waals surface area (Å²) < 4.78 is 3.80. The van der Waals surface area contributed by atoms with Gasteiger partial charge in [-0.2, -0.15) is 0 Å². The monoisotopic (exact) mass is 301 g/mol. The van der Waals surface area contributed by atoms with E-state index in [4.69, 9.17) is 5.11 Å². The third-order valence-corrected chi connectivity index (χ3v) is 3.48. The van der Waals surface area contributed by atoms with Crippen molar-refractivity contribution in [3.63, 3.8) is 0 Å². The fourth-order valence-corrected chi connectivity index (χ4v) is 2.30. The maximum atomic E-state index is 12.1. The van der Waals surface area contributed by atoms with E-state index in [1.165, 1.54) is 0 Å². The van der Waals surface area contributed by atoms with E-state index in [-0.39, 0.29) is 12.5 Å². The fourth-order valence-electron chi connectivity index (χ4n) is 1.66. The molecule has 1 aromatic carbocycles. The van der Waals surface area contributed by atoms with Gasteiger partial charge in [0.2, 0.25) is 0 Å². The third kappa shape index (κ3) is 4.12. The molecule has 2 aromatic rings. The lowest BCUT2D eigenvalue weighted by atomic mass is 10.2. The molecule has 1 aromatic heterocycles. The standard InChI is InChI=1S/C15H15N3O2S/c1-2-13-14(21-18-17-13)15(20)16-12-8-6-11(7-9-12)5-3-4-10-19/h6-9,19H,2,4,10H2,1H3,(H,16,20). The number of anilines is 1. The van der Waals surface area contributed by atoms with E-state index in [9.17, 15) is 4.79 Å². The summed E-state index contributed by atoms with van der Waals surface area (Å²) in [6.45, 7) is 2.00. The van der Waals surface area contributed by atoms with Gasteiger partial charge in [-0.25, -0.2) is 0 Å². The molecular formula is C15H15N3O2S. The molecular weight excluding hydrogens is 286 g/mol. The summed E-state index contributed by atoms with van der Waals surface area (Å²) >= 11 is 1.10. The van der Waals surface area contributed by atoms with Crippen LogP contribution in [0.1, 0.15) is 34.3 Å². The van der Waals surface area contributed by atoms with Gasteiger partial charge < -0.3 is 10.4 Å². The Hall–Kier alpha value is -2.23. The molecule has 2 rings (SSSR count). The van der Waals surface area contributed by atoms with Crippen LogP contribution in [-0.4, -0.2) is 27.2 Å². The summed E-state index contributed by atoms with van der Waals surface area (Å²) in [6.07, 6.45) is 1.13. The number of aryl methyl sites for hydroxylation is 1. The molecule has 108 valence electrons. The molecule has 0 radical (unpaired) electrons. The molecule has 0 atom stereocenters. The average molecular weight is 301 g/mol. The van der Waals surface area contributed by atoms with E-state index in [1.807, 2.05) is 19.1 Å². The average Bonchev–Trinajstić information content (AvgIpc) is 2.98. The van der Waals surface area contributed by atoms with E-state index < -0.39 is 0 Å². The molecule has 21 heavy (non-hydrogen) atoms. The summed E-state index contributed by atoms with van der Waals surface area (Å²) in [5, 5.41) is 15.4. The van der Waals surface area contributed by atoms with Crippen molar-refractivity contribution in [2.75, 3.05) is 11.9 Å². The predicted molar refractivity (Wildman–Crippen MR) is 82.3 cm³/mol. The first kappa shape index (κ1) is 15.2. The quantitative estimate of drug-likeness (QED) is 0.848. The van der Waals surface area contributed by atoms with E-state index in [1.54, 1.807) is 12.1 Å². The van der Waals surface area contributed by atoms with Crippen molar-refractivity contribution in [2.45, 2.75) is 19.8 Å². The second-order valence-electron chi connectivity index (χ2n) is 4.21. The zero-order valence-corrected chi connectivity index (χ0v) is 12.4. The van der Waals surface area contributed by atoms with Gasteiger partial charge in [-0.3, -0.25) is 4.79 Å². The summed E-state index contributed by atoms with van der Waals surface area (Å²) in [6, 6.07) is 7.24. The first-order chi connectivity index (χ1) is 10.2. The van der Waals surface area contributed by atoms with Gasteiger partial charge in [0.05, 0.1) is 12.3 Å². The molecule has 1 heterocycles. The molecule has 0 fully saturated rings. The Morgan fingerprint density at radius 2 is 2.14 bits per heavy atom. The van der Waals surface area contributed by atoms with Gasteiger partial charge in [-0.1, -0.05) is 23.3 Å². The fraction of sp³-hybridized carbons (Fsp3) is 0.267. The minimum atomic E-state index is -0.194. The maximum Gasteiger partial charge on any atom is 0.269 e. The highest BCUT2D eigenvalue weighted by Crippen LogP contribution is 2.15. The Morgan fingerprint density at radius 3 is 2.81 bits per heavy atom. The number of amides is 1. The third-order valence-electron chi connectivity index (χ3n) is 2.71. The van der Waals surface area contributed by atoms with E-state index >= 15 is 0 Å². The van der Waals surface area contributed by atoms with E-state index in [0.717, 1.165) is 17.1 Å². The Balaban J connectivity index is 2.04. The Kier molecular flexibility index (Phi) is 5.43. The van der Waals surface area contributed by atoms with Crippen LogP contribution in [-0.2, 0) is 6.42 Å². The number of hydrogen-bond donors (Lipinski definition) is 2. The lowest BCUT2D eigenvalue weighted by molar-refractivity contribution is 0.102. The van der Waals surface area contributed by atoms with Crippen molar-refractivity contribution in [1.82, 2.24) is 9.59 Å².